The van der Waals surface area contributed by atoms with E-state index in [2.05, 4.69) is 0 Å². The molecule has 0 saturated carbocycles. The van der Waals surface area contributed by atoms with Crippen LogP contribution in [0.3, 0.4) is 0 Å². The van der Waals surface area contributed by atoms with Crippen molar-refractivity contribution in [3.63, 3.8) is 0 Å². The molecule has 0 amide bonds. The molecule has 8 heteroatoms. The van der Waals surface area contributed by atoms with Crippen LogP contribution in [0.5, 0.6) is 0 Å². The molecule has 0 aliphatic heterocycles. The molecule has 0 unspecified atom stereocenters. The average molecular weight is 278 g/mol. The van der Waals surface area contributed by atoms with E-state index < -0.39 is 35.8 Å². The molecule has 0 aliphatic rings. The Morgan fingerprint density at radius 1 is 0.833 bits per heavy atom. The Morgan fingerprint density at radius 2 is 1.33 bits per heavy atom. The summed E-state index contributed by atoms with van der Waals surface area (Å²) in [5.74, 6) is -1.04. The van der Waals surface area contributed by atoms with Crippen molar-refractivity contribution >= 4 is 0 Å². The third kappa shape index (κ3) is 2.73. The Kier molecular flexibility index (Phi) is 3.60. The summed E-state index contributed by atoms with van der Waals surface area (Å²) in [6.07, 6.45) is -14.3. The Labute approximate surface area is 96.2 Å². The normalized spacial score (nSPS) is 13.8. The molecule has 0 atom stereocenters. The monoisotopic (exact) mass is 278 g/mol. The second kappa shape index (κ2) is 4.40. The highest BCUT2D eigenvalue weighted by Gasteiger charge is 2.72. The van der Waals surface area contributed by atoms with Crippen LogP contribution in [-0.4, -0.2) is 18.0 Å². The summed E-state index contributed by atoms with van der Waals surface area (Å²) in [5.41, 5.74) is -6.12. The van der Waals surface area contributed by atoms with Crippen molar-refractivity contribution in [2.45, 2.75) is 24.4 Å². The van der Waals surface area contributed by atoms with Gasteiger partial charge < -0.3 is 0 Å². The number of alkyl halides is 7. The van der Waals surface area contributed by atoms with E-state index in [0.29, 0.717) is 6.07 Å². The zero-order valence-corrected chi connectivity index (χ0v) is 8.54. The van der Waals surface area contributed by atoms with Crippen molar-refractivity contribution < 1.29 is 35.1 Å². The van der Waals surface area contributed by atoms with Gasteiger partial charge in [0.1, 0.15) is 5.82 Å². The summed E-state index contributed by atoms with van der Waals surface area (Å²) in [7, 11) is 0. The summed E-state index contributed by atoms with van der Waals surface area (Å²) in [5, 5.41) is 0. The minimum atomic E-state index is -6.13. The maximum atomic E-state index is 13.3. The van der Waals surface area contributed by atoms with Crippen LogP contribution in [0.15, 0.2) is 24.3 Å². The number of benzene rings is 1. The van der Waals surface area contributed by atoms with Gasteiger partial charge in [0.25, 0.3) is 0 Å². The summed E-state index contributed by atoms with van der Waals surface area (Å²) < 4.78 is 99.1. The molecular weight excluding hydrogens is 272 g/mol. The van der Waals surface area contributed by atoms with Crippen molar-refractivity contribution in [2.24, 2.45) is 0 Å². The van der Waals surface area contributed by atoms with Crippen molar-refractivity contribution in [2.75, 3.05) is 0 Å². The summed E-state index contributed by atoms with van der Waals surface area (Å²) >= 11 is 0. The van der Waals surface area contributed by atoms with E-state index in [1.165, 1.54) is 0 Å². The van der Waals surface area contributed by atoms with Crippen LogP contribution in [0, 0.1) is 5.82 Å². The quantitative estimate of drug-likeness (QED) is 0.711. The van der Waals surface area contributed by atoms with Gasteiger partial charge in [-0.1, -0.05) is 12.1 Å². The predicted octanol–water partition coefficient (Wildman–Crippen LogP) is 4.20. The van der Waals surface area contributed by atoms with Gasteiger partial charge in [0, 0.05) is 6.42 Å². The van der Waals surface area contributed by atoms with Crippen LogP contribution in [0.25, 0.3) is 0 Å². The van der Waals surface area contributed by atoms with Crippen LogP contribution in [0.4, 0.5) is 35.1 Å². The number of halogens is 8. The Bertz CT molecular complexity index is 403. The molecule has 0 fully saturated rings. The molecule has 0 radical (unpaired) electrons. The highest BCUT2D eigenvalue weighted by Crippen LogP contribution is 2.48. The second-order valence-corrected chi connectivity index (χ2v) is 3.60. The molecular formula is C10H6F8. The van der Waals surface area contributed by atoms with Crippen LogP contribution in [0.1, 0.15) is 5.56 Å². The topological polar surface area (TPSA) is 0 Å². The smallest absolute Gasteiger partial charge is 0.223 e. The third-order valence-corrected chi connectivity index (χ3v) is 2.24. The minimum Gasteiger partial charge on any atom is -0.223 e. The third-order valence-electron chi connectivity index (χ3n) is 2.24. The van der Waals surface area contributed by atoms with E-state index in [4.69, 9.17) is 0 Å². The van der Waals surface area contributed by atoms with E-state index in [9.17, 15) is 35.1 Å². The van der Waals surface area contributed by atoms with Crippen LogP contribution < -0.4 is 0 Å². The lowest BCUT2D eigenvalue weighted by molar-refractivity contribution is -0.340. The lowest BCUT2D eigenvalue weighted by Gasteiger charge is -2.30. The average Bonchev–Trinajstić information content (AvgIpc) is 2.13. The molecule has 18 heavy (non-hydrogen) atoms. The lowest BCUT2D eigenvalue weighted by Crippen LogP contribution is -2.54. The molecule has 0 nitrogen and oxygen atoms in total. The van der Waals surface area contributed by atoms with Crippen molar-refractivity contribution in [1.29, 1.82) is 0 Å². The molecule has 0 heterocycles. The fourth-order valence-corrected chi connectivity index (χ4v) is 1.29. The van der Waals surface area contributed by atoms with E-state index in [-0.39, 0.29) is 0 Å². The first-order valence-electron chi connectivity index (χ1n) is 4.54. The first-order valence-corrected chi connectivity index (χ1v) is 4.54. The van der Waals surface area contributed by atoms with E-state index >= 15 is 0 Å². The van der Waals surface area contributed by atoms with Crippen LogP contribution in [0.2, 0.25) is 0 Å². The zero-order chi connectivity index (χ0) is 14.2. The molecule has 0 bridgehead atoms. The number of hydrogen-bond donors (Lipinski definition) is 0. The van der Waals surface area contributed by atoms with Gasteiger partial charge in [0.05, 0.1) is 0 Å². The molecule has 102 valence electrons. The van der Waals surface area contributed by atoms with Crippen LogP contribution >= 0.6 is 0 Å². The fourth-order valence-electron chi connectivity index (χ4n) is 1.29. The van der Waals surface area contributed by atoms with Gasteiger partial charge in [0.2, 0.25) is 0 Å². The van der Waals surface area contributed by atoms with Gasteiger partial charge in [-0.25, -0.2) is 8.78 Å². The largest absolute Gasteiger partial charge is 0.431 e. The Hall–Kier alpha value is -1.34. The second-order valence-electron chi connectivity index (χ2n) is 3.60. The van der Waals surface area contributed by atoms with Crippen LogP contribution in [-0.2, 0) is 6.42 Å². The molecule has 0 N–H and O–H groups in total. The number of hydrogen-bond acceptors (Lipinski definition) is 0. The van der Waals surface area contributed by atoms with Gasteiger partial charge in [-0.2, -0.15) is 26.3 Å². The highest BCUT2D eigenvalue weighted by molar-refractivity contribution is 5.20. The lowest BCUT2D eigenvalue weighted by atomic mass is 9.95. The maximum absolute atomic E-state index is 13.3. The first-order chi connectivity index (χ1) is 7.97. The SMILES string of the molecule is Fc1cccc(CC(F)(C(F)(F)F)C(F)(F)F)c1. The Balaban J connectivity index is 3.16. The highest BCUT2D eigenvalue weighted by atomic mass is 19.4. The molecule has 0 saturated heterocycles. The standard InChI is InChI=1S/C10H6F8/c11-7-3-1-2-6(4-7)5-8(12,9(13,14)15)10(16,17)18/h1-4H,5H2. The van der Waals surface area contributed by atoms with E-state index in [1.807, 2.05) is 0 Å². The minimum absolute atomic E-state index is 0.422. The predicted molar refractivity (Wildman–Crippen MR) is 46.1 cm³/mol. The molecule has 1 aromatic carbocycles. The van der Waals surface area contributed by atoms with E-state index in [0.717, 1.165) is 18.2 Å². The van der Waals surface area contributed by atoms with Gasteiger partial charge in [0.15, 0.2) is 0 Å². The fraction of sp³-hybridized carbons (Fsp3) is 0.400. The summed E-state index contributed by atoms with van der Waals surface area (Å²) in [6, 6.07) is 2.93. The summed E-state index contributed by atoms with van der Waals surface area (Å²) in [4.78, 5) is 0. The zero-order valence-electron chi connectivity index (χ0n) is 8.54. The molecule has 0 aromatic heterocycles. The van der Waals surface area contributed by atoms with Crippen molar-refractivity contribution in [3.05, 3.63) is 35.6 Å². The van der Waals surface area contributed by atoms with Gasteiger partial charge in [-0.15, -0.1) is 0 Å². The van der Waals surface area contributed by atoms with Gasteiger partial charge >= 0.3 is 18.0 Å². The Morgan fingerprint density at radius 3 is 1.72 bits per heavy atom. The van der Waals surface area contributed by atoms with Gasteiger partial charge in [-0.05, 0) is 17.7 Å². The van der Waals surface area contributed by atoms with Crippen molar-refractivity contribution in [1.82, 2.24) is 0 Å². The summed E-state index contributed by atoms with van der Waals surface area (Å²) in [6.45, 7) is 0. The molecule has 0 spiro atoms. The molecule has 0 aliphatic carbocycles. The van der Waals surface area contributed by atoms with Gasteiger partial charge in [-0.3, -0.25) is 0 Å². The molecule has 1 aromatic rings. The number of rotatable bonds is 2. The first kappa shape index (κ1) is 14.7. The van der Waals surface area contributed by atoms with Crippen molar-refractivity contribution in [3.8, 4) is 0 Å². The maximum Gasteiger partial charge on any atom is 0.431 e. The molecule has 1 rings (SSSR count). The van der Waals surface area contributed by atoms with E-state index in [1.54, 1.807) is 0 Å².